The Hall–Kier alpha value is -1.98. The van der Waals surface area contributed by atoms with Crippen LogP contribution in [0.1, 0.15) is 11.1 Å². The minimum atomic E-state index is 0.356. The van der Waals surface area contributed by atoms with Crippen molar-refractivity contribution in [2.45, 2.75) is 6.92 Å². The molecule has 3 heteroatoms. The maximum Gasteiger partial charge on any atom is 0.146 e. The smallest absolute Gasteiger partial charge is 0.146 e. The van der Waals surface area contributed by atoms with Gasteiger partial charge >= 0.3 is 0 Å². The molecule has 0 bridgehead atoms. The Morgan fingerprint density at radius 3 is 2.47 bits per heavy atom. The van der Waals surface area contributed by atoms with E-state index in [1.54, 1.807) is 18.2 Å². The summed E-state index contributed by atoms with van der Waals surface area (Å²) in [5.74, 6) is 1.17. The molecular weight excluding hydrogens is 234 g/mol. The van der Waals surface area contributed by atoms with Crippen LogP contribution in [0.3, 0.4) is 0 Å². The minimum Gasteiger partial charge on any atom is -0.456 e. The van der Waals surface area contributed by atoms with Gasteiger partial charge in [-0.1, -0.05) is 35.4 Å². The van der Waals surface area contributed by atoms with Crippen LogP contribution in [-0.4, -0.2) is 0 Å². The molecule has 0 spiro atoms. The molecular formula is C14H10ClNO. The summed E-state index contributed by atoms with van der Waals surface area (Å²) in [6, 6.07) is 14.8. The van der Waals surface area contributed by atoms with Crippen molar-refractivity contribution in [1.29, 1.82) is 5.26 Å². The fourth-order valence-corrected chi connectivity index (χ4v) is 1.64. The van der Waals surface area contributed by atoms with E-state index >= 15 is 0 Å². The van der Waals surface area contributed by atoms with Crippen LogP contribution in [0.25, 0.3) is 0 Å². The van der Waals surface area contributed by atoms with E-state index in [-0.39, 0.29) is 0 Å². The highest BCUT2D eigenvalue weighted by Crippen LogP contribution is 2.29. The molecule has 0 heterocycles. The summed E-state index contributed by atoms with van der Waals surface area (Å²) >= 11 is 5.92. The van der Waals surface area contributed by atoms with Crippen LogP contribution in [0, 0.1) is 18.3 Å². The first-order chi connectivity index (χ1) is 8.20. The standard InChI is InChI=1S/C14H10ClNO/c1-10-5-7-11(8-6-10)17-14-4-2-3-13(15)12(14)9-16/h2-8H,1H3. The molecule has 2 nitrogen and oxygen atoms in total. The van der Waals surface area contributed by atoms with Crippen LogP contribution in [0.4, 0.5) is 0 Å². The van der Waals surface area contributed by atoms with Gasteiger partial charge in [0.2, 0.25) is 0 Å². The monoisotopic (exact) mass is 243 g/mol. The molecule has 0 unspecified atom stereocenters. The van der Waals surface area contributed by atoms with Gasteiger partial charge in [0, 0.05) is 0 Å². The number of benzene rings is 2. The first-order valence-corrected chi connectivity index (χ1v) is 5.51. The van der Waals surface area contributed by atoms with Crippen LogP contribution in [0.5, 0.6) is 11.5 Å². The number of aryl methyl sites for hydroxylation is 1. The van der Waals surface area contributed by atoms with E-state index in [2.05, 4.69) is 0 Å². The maximum atomic E-state index is 9.01. The van der Waals surface area contributed by atoms with Crippen molar-refractivity contribution < 1.29 is 4.74 Å². The highest BCUT2D eigenvalue weighted by molar-refractivity contribution is 6.31. The van der Waals surface area contributed by atoms with Crippen LogP contribution < -0.4 is 4.74 Å². The summed E-state index contributed by atoms with van der Waals surface area (Å²) in [5.41, 5.74) is 1.51. The molecule has 17 heavy (non-hydrogen) atoms. The number of nitrogens with zero attached hydrogens (tertiary/aromatic N) is 1. The summed E-state index contributed by atoms with van der Waals surface area (Å²) in [6.45, 7) is 2.00. The molecule has 0 aliphatic rings. The van der Waals surface area contributed by atoms with Gasteiger partial charge in [0.25, 0.3) is 0 Å². The average molecular weight is 244 g/mol. The van der Waals surface area contributed by atoms with E-state index < -0.39 is 0 Å². The quantitative estimate of drug-likeness (QED) is 0.787. The Labute approximate surface area is 105 Å². The molecule has 0 N–H and O–H groups in total. The number of hydrogen-bond donors (Lipinski definition) is 0. The molecule has 0 fully saturated rings. The van der Waals surface area contributed by atoms with Crippen molar-refractivity contribution >= 4 is 11.6 Å². The van der Waals surface area contributed by atoms with Crippen molar-refractivity contribution in [3.8, 4) is 17.6 Å². The van der Waals surface area contributed by atoms with Crippen molar-refractivity contribution in [2.24, 2.45) is 0 Å². The molecule has 84 valence electrons. The second-order valence-electron chi connectivity index (χ2n) is 3.64. The van der Waals surface area contributed by atoms with Crippen LogP contribution >= 0.6 is 11.6 Å². The fraction of sp³-hybridized carbons (Fsp3) is 0.0714. The molecule has 0 saturated heterocycles. The van der Waals surface area contributed by atoms with Crippen molar-refractivity contribution in [3.05, 3.63) is 58.6 Å². The number of nitriles is 1. The lowest BCUT2D eigenvalue weighted by Gasteiger charge is -2.08. The molecule has 0 saturated carbocycles. The normalized spacial score (nSPS) is 9.71. The second-order valence-corrected chi connectivity index (χ2v) is 4.05. The van der Waals surface area contributed by atoms with E-state index in [1.165, 1.54) is 0 Å². The van der Waals surface area contributed by atoms with Gasteiger partial charge in [-0.05, 0) is 31.2 Å². The van der Waals surface area contributed by atoms with E-state index in [0.29, 0.717) is 22.1 Å². The molecule has 0 amide bonds. The van der Waals surface area contributed by atoms with Gasteiger partial charge in [-0.25, -0.2) is 0 Å². The summed E-state index contributed by atoms with van der Waals surface area (Å²) in [5, 5.41) is 9.41. The summed E-state index contributed by atoms with van der Waals surface area (Å²) in [6.07, 6.45) is 0. The summed E-state index contributed by atoms with van der Waals surface area (Å²) in [7, 11) is 0. The molecule has 0 radical (unpaired) electrons. The van der Waals surface area contributed by atoms with Gasteiger partial charge in [-0.2, -0.15) is 5.26 Å². The van der Waals surface area contributed by atoms with E-state index in [4.69, 9.17) is 21.6 Å². The lowest BCUT2D eigenvalue weighted by atomic mass is 10.2. The summed E-state index contributed by atoms with van der Waals surface area (Å²) < 4.78 is 5.63. The fourth-order valence-electron chi connectivity index (χ4n) is 1.43. The molecule has 0 aromatic heterocycles. The average Bonchev–Trinajstić information content (AvgIpc) is 2.32. The SMILES string of the molecule is Cc1ccc(Oc2cccc(Cl)c2C#N)cc1. The topological polar surface area (TPSA) is 33.0 Å². The first kappa shape index (κ1) is 11.5. The third kappa shape index (κ3) is 2.58. The number of ether oxygens (including phenoxy) is 1. The Bertz CT molecular complexity index is 570. The first-order valence-electron chi connectivity index (χ1n) is 5.14. The van der Waals surface area contributed by atoms with E-state index in [1.807, 2.05) is 37.3 Å². The lowest BCUT2D eigenvalue weighted by molar-refractivity contribution is 0.481. The van der Waals surface area contributed by atoms with Crippen LogP contribution in [0.2, 0.25) is 5.02 Å². The van der Waals surface area contributed by atoms with Crippen LogP contribution in [0.15, 0.2) is 42.5 Å². The molecule has 2 aromatic rings. The van der Waals surface area contributed by atoms with Gasteiger partial charge < -0.3 is 4.74 Å². The number of halogens is 1. The molecule has 0 aliphatic heterocycles. The third-order valence-corrected chi connectivity index (χ3v) is 2.65. The molecule has 0 atom stereocenters. The number of rotatable bonds is 2. The third-order valence-electron chi connectivity index (χ3n) is 2.34. The largest absolute Gasteiger partial charge is 0.456 e. The zero-order valence-corrected chi connectivity index (χ0v) is 10.0. The molecule has 2 rings (SSSR count). The predicted octanol–water partition coefficient (Wildman–Crippen LogP) is 4.31. The van der Waals surface area contributed by atoms with Gasteiger partial charge in [0.05, 0.1) is 5.02 Å². The van der Waals surface area contributed by atoms with Gasteiger partial charge in [0.1, 0.15) is 23.1 Å². The minimum absolute atomic E-state index is 0.356. The van der Waals surface area contributed by atoms with Crippen molar-refractivity contribution in [2.75, 3.05) is 0 Å². The second kappa shape index (κ2) is 4.90. The van der Waals surface area contributed by atoms with Crippen LogP contribution in [-0.2, 0) is 0 Å². The Morgan fingerprint density at radius 2 is 1.82 bits per heavy atom. The summed E-state index contributed by atoms with van der Waals surface area (Å²) in [4.78, 5) is 0. The Kier molecular flexibility index (Phi) is 3.32. The highest BCUT2D eigenvalue weighted by Gasteiger charge is 2.08. The van der Waals surface area contributed by atoms with Gasteiger partial charge in [-0.3, -0.25) is 0 Å². The molecule has 0 aliphatic carbocycles. The maximum absolute atomic E-state index is 9.01. The van der Waals surface area contributed by atoms with Crippen molar-refractivity contribution in [3.63, 3.8) is 0 Å². The molecule has 2 aromatic carbocycles. The van der Waals surface area contributed by atoms with E-state index in [0.717, 1.165) is 5.56 Å². The van der Waals surface area contributed by atoms with Gasteiger partial charge in [-0.15, -0.1) is 0 Å². The number of hydrogen-bond acceptors (Lipinski definition) is 2. The predicted molar refractivity (Wildman–Crippen MR) is 67.4 cm³/mol. The van der Waals surface area contributed by atoms with Gasteiger partial charge in [0.15, 0.2) is 0 Å². The van der Waals surface area contributed by atoms with E-state index in [9.17, 15) is 0 Å². The lowest BCUT2D eigenvalue weighted by Crippen LogP contribution is -1.89. The highest BCUT2D eigenvalue weighted by atomic mass is 35.5. The zero-order valence-electron chi connectivity index (χ0n) is 9.27. The van der Waals surface area contributed by atoms with Crippen molar-refractivity contribution in [1.82, 2.24) is 0 Å². The Morgan fingerprint density at radius 1 is 1.12 bits per heavy atom. The Balaban J connectivity index is 2.34. The zero-order chi connectivity index (χ0) is 12.3.